The minimum absolute atomic E-state index is 0.544. The monoisotopic (exact) mass is 242 g/mol. The van der Waals surface area contributed by atoms with Crippen LogP contribution in [0.2, 0.25) is 0 Å². The molecule has 3 rings (SSSR count). The predicted molar refractivity (Wildman–Crippen MR) is 71.9 cm³/mol. The Labute approximate surface area is 107 Å². The van der Waals surface area contributed by atoms with E-state index in [0.717, 1.165) is 11.3 Å². The number of imidazole rings is 1. The number of nitrogens with zero attached hydrogens (tertiary/aromatic N) is 3. The van der Waals surface area contributed by atoms with Crippen LogP contribution in [0.4, 0.5) is 5.82 Å². The molecule has 2 aromatic heterocycles. The van der Waals surface area contributed by atoms with Gasteiger partial charge in [0.1, 0.15) is 5.82 Å². The Bertz CT molecular complexity index is 546. The molecule has 2 aromatic rings. The summed E-state index contributed by atoms with van der Waals surface area (Å²) in [4.78, 5) is 8.46. The highest BCUT2D eigenvalue weighted by Gasteiger charge is 2.26. The normalized spacial score (nSPS) is 23.4. The van der Waals surface area contributed by atoms with E-state index in [0.29, 0.717) is 17.8 Å². The highest BCUT2D eigenvalue weighted by molar-refractivity contribution is 5.70. The minimum atomic E-state index is 0.544. The van der Waals surface area contributed by atoms with Gasteiger partial charge in [0.25, 0.3) is 0 Å². The fraction of sp³-hybridized carbons (Fsp3) is 0.429. The number of hydrogen-bond donors (Lipinski definition) is 1. The second kappa shape index (κ2) is 4.44. The van der Waals surface area contributed by atoms with Gasteiger partial charge in [-0.3, -0.25) is 0 Å². The number of nitrogens with two attached hydrogens (primary N) is 1. The lowest BCUT2D eigenvalue weighted by atomic mass is 10.1. The van der Waals surface area contributed by atoms with Crippen LogP contribution < -0.4 is 5.73 Å². The molecule has 0 amide bonds. The Hall–Kier alpha value is -1.84. The molecule has 1 fully saturated rings. The first-order chi connectivity index (χ1) is 8.77. The molecule has 1 aliphatic carbocycles. The SMILES string of the molecule is CC1CCCC1n1cncc1-c1cccnc1N. The molecule has 0 spiro atoms. The second-order valence-corrected chi connectivity index (χ2v) is 5.10. The number of pyridine rings is 1. The lowest BCUT2D eigenvalue weighted by Crippen LogP contribution is -2.12. The molecule has 2 unspecified atom stereocenters. The van der Waals surface area contributed by atoms with E-state index in [2.05, 4.69) is 21.5 Å². The molecule has 1 aliphatic rings. The van der Waals surface area contributed by atoms with Crippen LogP contribution in [0.15, 0.2) is 30.9 Å². The van der Waals surface area contributed by atoms with Crippen LogP contribution in [0.25, 0.3) is 11.3 Å². The van der Waals surface area contributed by atoms with Crippen molar-refractivity contribution in [1.29, 1.82) is 0 Å². The van der Waals surface area contributed by atoms with Crippen molar-refractivity contribution < 1.29 is 0 Å². The summed E-state index contributed by atoms with van der Waals surface area (Å²) >= 11 is 0. The molecular formula is C14H18N4. The van der Waals surface area contributed by atoms with Crippen molar-refractivity contribution in [1.82, 2.24) is 14.5 Å². The summed E-state index contributed by atoms with van der Waals surface area (Å²) in [6.07, 6.45) is 9.35. The van der Waals surface area contributed by atoms with Gasteiger partial charge in [-0.15, -0.1) is 0 Å². The number of anilines is 1. The van der Waals surface area contributed by atoms with E-state index in [1.54, 1.807) is 6.20 Å². The number of rotatable bonds is 2. The molecule has 2 N–H and O–H groups in total. The third-order valence-corrected chi connectivity index (χ3v) is 3.95. The van der Waals surface area contributed by atoms with Crippen molar-refractivity contribution >= 4 is 5.82 Å². The Morgan fingerprint density at radius 1 is 1.39 bits per heavy atom. The van der Waals surface area contributed by atoms with Gasteiger partial charge in [-0.25, -0.2) is 9.97 Å². The summed E-state index contributed by atoms with van der Waals surface area (Å²) in [6, 6.07) is 4.47. The van der Waals surface area contributed by atoms with Crippen LogP contribution >= 0.6 is 0 Å². The average molecular weight is 242 g/mol. The van der Waals surface area contributed by atoms with Crippen molar-refractivity contribution in [3.8, 4) is 11.3 Å². The summed E-state index contributed by atoms with van der Waals surface area (Å²) in [5, 5.41) is 0. The first-order valence-corrected chi connectivity index (χ1v) is 6.50. The van der Waals surface area contributed by atoms with Crippen molar-refractivity contribution in [2.75, 3.05) is 5.73 Å². The zero-order valence-electron chi connectivity index (χ0n) is 10.6. The minimum Gasteiger partial charge on any atom is -0.383 e. The van der Waals surface area contributed by atoms with Crippen LogP contribution in [0.3, 0.4) is 0 Å². The van der Waals surface area contributed by atoms with Gasteiger partial charge in [-0.2, -0.15) is 0 Å². The van der Waals surface area contributed by atoms with Crippen LogP contribution in [0.5, 0.6) is 0 Å². The fourth-order valence-corrected chi connectivity index (χ4v) is 2.95. The zero-order valence-corrected chi connectivity index (χ0v) is 10.6. The maximum Gasteiger partial charge on any atom is 0.132 e. The van der Waals surface area contributed by atoms with E-state index >= 15 is 0 Å². The molecule has 4 nitrogen and oxygen atoms in total. The second-order valence-electron chi connectivity index (χ2n) is 5.10. The van der Waals surface area contributed by atoms with Gasteiger partial charge in [0.15, 0.2) is 0 Å². The maximum absolute atomic E-state index is 5.96. The topological polar surface area (TPSA) is 56.7 Å². The molecule has 4 heteroatoms. The molecule has 0 bridgehead atoms. The van der Waals surface area contributed by atoms with Crippen LogP contribution in [0.1, 0.15) is 32.2 Å². The number of hydrogen-bond acceptors (Lipinski definition) is 3. The average Bonchev–Trinajstić information content (AvgIpc) is 2.98. The number of nitrogen functional groups attached to an aromatic ring is 1. The lowest BCUT2D eigenvalue weighted by Gasteiger charge is -2.20. The van der Waals surface area contributed by atoms with Crippen molar-refractivity contribution in [2.24, 2.45) is 5.92 Å². The van der Waals surface area contributed by atoms with E-state index in [4.69, 9.17) is 5.73 Å². The zero-order chi connectivity index (χ0) is 12.5. The van der Waals surface area contributed by atoms with Crippen LogP contribution in [0, 0.1) is 5.92 Å². The highest BCUT2D eigenvalue weighted by Crippen LogP contribution is 2.38. The Balaban J connectivity index is 2.04. The summed E-state index contributed by atoms with van der Waals surface area (Å²) < 4.78 is 2.27. The molecule has 2 atom stereocenters. The largest absolute Gasteiger partial charge is 0.383 e. The van der Waals surface area contributed by atoms with Crippen LogP contribution in [-0.4, -0.2) is 14.5 Å². The van der Waals surface area contributed by atoms with E-state index < -0.39 is 0 Å². The molecule has 0 radical (unpaired) electrons. The molecule has 1 saturated carbocycles. The van der Waals surface area contributed by atoms with Gasteiger partial charge in [0.2, 0.25) is 0 Å². The first kappa shape index (κ1) is 11.3. The summed E-state index contributed by atoms with van der Waals surface area (Å²) in [7, 11) is 0. The summed E-state index contributed by atoms with van der Waals surface area (Å²) in [5.74, 6) is 1.28. The fourth-order valence-electron chi connectivity index (χ4n) is 2.95. The van der Waals surface area contributed by atoms with E-state index in [1.807, 2.05) is 24.7 Å². The number of aromatic nitrogens is 3. The van der Waals surface area contributed by atoms with E-state index in [-0.39, 0.29) is 0 Å². The van der Waals surface area contributed by atoms with E-state index in [1.165, 1.54) is 19.3 Å². The standard InChI is InChI=1S/C14H18N4/c1-10-4-2-6-12(10)18-9-16-8-13(18)11-5-3-7-17-14(11)15/h3,5,7-10,12H,2,4,6H2,1H3,(H2,15,17). The van der Waals surface area contributed by atoms with Gasteiger partial charge < -0.3 is 10.3 Å². The predicted octanol–water partition coefficient (Wildman–Crippen LogP) is 2.89. The molecule has 18 heavy (non-hydrogen) atoms. The molecular weight excluding hydrogens is 224 g/mol. The molecule has 0 aliphatic heterocycles. The summed E-state index contributed by atoms with van der Waals surface area (Å²) in [6.45, 7) is 2.31. The Morgan fingerprint density at radius 3 is 3.00 bits per heavy atom. The smallest absolute Gasteiger partial charge is 0.132 e. The molecule has 0 saturated heterocycles. The van der Waals surface area contributed by atoms with Gasteiger partial charge in [-0.1, -0.05) is 13.3 Å². The van der Waals surface area contributed by atoms with Crippen molar-refractivity contribution in [3.05, 3.63) is 30.9 Å². The van der Waals surface area contributed by atoms with Crippen molar-refractivity contribution in [3.63, 3.8) is 0 Å². The third kappa shape index (κ3) is 1.78. The maximum atomic E-state index is 5.96. The van der Waals surface area contributed by atoms with Crippen LogP contribution in [-0.2, 0) is 0 Å². The molecule has 0 aromatic carbocycles. The molecule has 94 valence electrons. The first-order valence-electron chi connectivity index (χ1n) is 6.50. The van der Waals surface area contributed by atoms with E-state index in [9.17, 15) is 0 Å². The summed E-state index contributed by atoms with van der Waals surface area (Å²) in [5.41, 5.74) is 8.03. The van der Waals surface area contributed by atoms with Gasteiger partial charge in [0.05, 0.1) is 18.2 Å². The Kier molecular flexibility index (Phi) is 2.78. The van der Waals surface area contributed by atoms with Gasteiger partial charge >= 0.3 is 0 Å². The van der Waals surface area contributed by atoms with Gasteiger partial charge in [-0.05, 0) is 30.9 Å². The lowest BCUT2D eigenvalue weighted by molar-refractivity contribution is 0.410. The Morgan fingerprint density at radius 2 is 2.28 bits per heavy atom. The quantitative estimate of drug-likeness (QED) is 0.881. The van der Waals surface area contributed by atoms with Gasteiger partial charge in [0, 0.05) is 17.8 Å². The third-order valence-electron chi connectivity index (χ3n) is 3.95. The highest BCUT2D eigenvalue weighted by atomic mass is 15.1. The van der Waals surface area contributed by atoms with Crippen molar-refractivity contribution in [2.45, 2.75) is 32.2 Å². The molecule has 2 heterocycles.